The summed E-state index contributed by atoms with van der Waals surface area (Å²) in [6.07, 6.45) is 18.7. The molecule has 99 heavy (non-hydrogen) atoms. The van der Waals surface area contributed by atoms with Crippen LogP contribution in [0.3, 0.4) is 0 Å². The van der Waals surface area contributed by atoms with E-state index in [1.54, 1.807) is 66.7 Å². The number of aromatic hydroxyl groups is 8. The van der Waals surface area contributed by atoms with Crippen LogP contribution in [-0.4, -0.2) is 40.9 Å². The monoisotopic (exact) mass is 1340 g/mol. The minimum Gasteiger partial charge on any atom is -0.508 e. The Hall–Kier alpha value is -7.84. The number of phenols is 8. The zero-order valence-corrected chi connectivity index (χ0v) is 63.0. The Morgan fingerprint density at radius 3 is 0.788 bits per heavy atom. The fourth-order valence-electron chi connectivity index (χ4n) is 17.3. The molecule has 0 bridgehead atoms. The van der Waals surface area contributed by atoms with Gasteiger partial charge in [-0.3, -0.25) is 0 Å². The van der Waals surface area contributed by atoms with Crippen molar-refractivity contribution in [2.24, 2.45) is 51.8 Å². The summed E-state index contributed by atoms with van der Waals surface area (Å²) in [6, 6.07) is 57.0. The lowest BCUT2D eigenvalue weighted by Gasteiger charge is -2.45. The third kappa shape index (κ3) is 20.4. The standard InChI is InChI=1S/C27H38O2.C26H36O2.C25H34O2.C7H8O.C6H6O/c1-18-8-7-14-26(4,5)23(18)13-15-27(6,21-9-11-24(28)19(2)16-21)22-10-12-25(29)20(3)17-22;1-18-7-6-15-25(3,4)23(18)14-16-26(5,20-8-11-22(27)12-9-20)21-10-13-24(28)19(2)17-21;1-18-6-5-16-24(2,3)23(18)15-17-25(4,19-7-11-21(26)12-8-19)20-9-13-22(27)14-10-20;1-6-4-2-3-5-7(6)8;7-6-4-2-1-3-5-6/h9-12,16-18,23,28-29H,7-8,13-15H2,1-6H3;8-13,17-18,23,27-28H,6-7,14-16H2,1-5H3;7-14,18,23,26-27H,5-6,15-17H2,1-4H3;2-5,8H,1H3;1-5,7H. The molecule has 0 aliphatic heterocycles. The van der Waals surface area contributed by atoms with Crippen LogP contribution in [0.1, 0.15) is 235 Å². The highest BCUT2D eigenvalue weighted by atomic mass is 16.3. The number of rotatable bonds is 15. The van der Waals surface area contributed by atoms with Gasteiger partial charge in [-0.1, -0.05) is 231 Å². The number of hydrogen-bond donors (Lipinski definition) is 8. The van der Waals surface area contributed by atoms with Gasteiger partial charge in [-0.15, -0.1) is 0 Å². The molecule has 3 aliphatic carbocycles. The molecule has 0 heterocycles. The van der Waals surface area contributed by atoms with Gasteiger partial charge in [-0.05, 0) is 266 Å². The number of hydrogen-bond acceptors (Lipinski definition) is 8. The van der Waals surface area contributed by atoms with Gasteiger partial charge in [-0.25, -0.2) is 0 Å². The fourth-order valence-corrected chi connectivity index (χ4v) is 17.3. The summed E-state index contributed by atoms with van der Waals surface area (Å²) < 4.78 is 0. The highest BCUT2D eigenvalue weighted by molar-refractivity contribution is 5.49. The van der Waals surface area contributed by atoms with Gasteiger partial charge in [0.05, 0.1) is 0 Å². The number of aryl methyl sites for hydroxylation is 4. The molecule has 8 aromatic carbocycles. The highest BCUT2D eigenvalue weighted by Crippen LogP contribution is 2.53. The molecule has 8 N–H and O–H groups in total. The zero-order valence-electron chi connectivity index (χ0n) is 63.0. The maximum Gasteiger partial charge on any atom is 0.118 e. The minimum atomic E-state index is -0.163. The number of benzene rings is 8. The quantitative estimate of drug-likeness (QED) is 0.0503. The molecule has 8 aromatic rings. The Labute approximate surface area is 596 Å². The summed E-state index contributed by atoms with van der Waals surface area (Å²) in [5.74, 6) is 7.06. The molecule has 8 heteroatoms. The molecule has 0 aromatic heterocycles. The van der Waals surface area contributed by atoms with Crippen molar-refractivity contribution in [3.05, 3.63) is 238 Å². The van der Waals surface area contributed by atoms with E-state index in [4.69, 9.17) is 10.2 Å². The van der Waals surface area contributed by atoms with Crippen molar-refractivity contribution in [1.82, 2.24) is 0 Å². The lowest BCUT2D eigenvalue weighted by Crippen LogP contribution is -2.35. The summed E-state index contributed by atoms with van der Waals surface area (Å²) in [6.45, 7) is 36.6. The van der Waals surface area contributed by atoms with Crippen molar-refractivity contribution < 1.29 is 40.9 Å². The van der Waals surface area contributed by atoms with Crippen LogP contribution in [0.5, 0.6) is 46.0 Å². The van der Waals surface area contributed by atoms with Gasteiger partial charge in [0.2, 0.25) is 0 Å². The Kier molecular flexibility index (Phi) is 27.0. The summed E-state index contributed by atoms with van der Waals surface area (Å²) in [5, 5.41) is 76.9. The van der Waals surface area contributed by atoms with E-state index in [0.29, 0.717) is 68.2 Å². The van der Waals surface area contributed by atoms with E-state index in [-0.39, 0.29) is 16.2 Å². The maximum absolute atomic E-state index is 10.1. The van der Waals surface area contributed by atoms with Crippen molar-refractivity contribution >= 4 is 0 Å². The molecule has 3 fully saturated rings. The number of para-hydroxylation sites is 2. The Bertz CT molecular complexity index is 3670. The Morgan fingerprint density at radius 2 is 0.545 bits per heavy atom. The van der Waals surface area contributed by atoms with Gasteiger partial charge in [0, 0.05) is 16.2 Å². The first kappa shape index (κ1) is 78.5. The fraction of sp³-hybridized carbons (Fsp3) is 0.473. The molecule has 11 rings (SSSR count). The first-order chi connectivity index (χ1) is 46.6. The molecular formula is C91H122O8. The van der Waals surface area contributed by atoms with E-state index in [9.17, 15) is 30.6 Å². The van der Waals surface area contributed by atoms with Crippen LogP contribution in [0.4, 0.5) is 0 Å². The second-order valence-electron chi connectivity index (χ2n) is 32.8. The molecule has 534 valence electrons. The van der Waals surface area contributed by atoms with Crippen LogP contribution in [0.15, 0.2) is 182 Å². The predicted molar refractivity (Wildman–Crippen MR) is 412 cm³/mol. The molecule has 0 spiro atoms. The Balaban J connectivity index is 0.000000188. The van der Waals surface area contributed by atoms with Crippen LogP contribution >= 0.6 is 0 Å². The second kappa shape index (κ2) is 34.0. The van der Waals surface area contributed by atoms with Gasteiger partial charge in [-0.2, -0.15) is 0 Å². The van der Waals surface area contributed by atoms with Gasteiger partial charge in [0.1, 0.15) is 46.0 Å². The minimum absolute atomic E-state index is 0.144. The average Bonchev–Trinajstić information content (AvgIpc) is 0.787. The van der Waals surface area contributed by atoms with Gasteiger partial charge in [0.25, 0.3) is 0 Å². The van der Waals surface area contributed by atoms with Crippen LogP contribution in [0.25, 0.3) is 0 Å². The van der Waals surface area contributed by atoms with E-state index < -0.39 is 0 Å². The third-order valence-corrected chi connectivity index (χ3v) is 24.3. The summed E-state index contributed by atoms with van der Waals surface area (Å²) >= 11 is 0. The summed E-state index contributed by atoms with van der Waals surface area (Å²) in [5.41, 5.74) is 11.7. The third-order valence-electron chi connectivity index (χ3n) is 24.3. The highest BCUT2D eigenvalue weighted by Gasteiger charge is 2.42. The van der Waals surface area contributed by atoms with Crippen LogP contribution < -0.4 is 0 Å². The van der Waals surface area contributed by atoms with Crippen LogP contribution in [0, 0.1) is 79.4 Å². The summed E-state index contributed by atoms with van der Waals surface area (Å²) in [7, 11) is 0. The largest absolute Gasteiger partial charge is 0.508 e. The molecule has 0 saturated heterocycles. The SMILES string of the molecule is CC1CCCC(C)(C)C1CCC(C)(c1ccc(O)cc1)c1ccc(O)cc1.Cc1cc(C(C)(CCC2C(C)CCCC2(C)C)c2ccc(O)c(C)c2)ccc1O.Cc1cc(C(C)(CCC2C(C)CCCC2(C)C)c2ccc(O)cc2)ccc1O.Cc1ccccc1O.Oc1ccccc1. The molecule has 3 aliphatic rings. The van der Waals surface area contributed by atoms with E-state index in [2.05, 4.69) is 119 Å². The molecule has 3 saturated carbocycles. The van der Waals surface area contributed by atoms with Crippen molar-refractivity contribution in [1.29, 1.82) is 0 Å². The predicted octanol–water partition coefficient (Wildman–Crippen LogP) is 24.0. The lowest BCUT2D eigenvalue weighted by molar-refractivity contribution is 0.0706. The average molecular weight is 1340 g/mol. The van der Waals surface area contributed by atoms with Crippen molar-refractivity contribution in [3.63, 3.8) is 0 Å². The van der Waals surface area contributed by atoms with Gasteiger partial charge >= 0.3 is 0 Å². The first-order valence-electron chi connectivity index (χ1n) is 36.9. The van der Waals surface area contributed by atoms with Crippen molar-refractivity contribution in [3.8, 4) is 46.0 Å². The van der Waals surface area contributed by atoms with E-state index in [1.165, 1.54) is 110 Å². The van der Waals surface area contributed by atoms with E-state index >= 15 is 0 Å². The second-order valence-corrected chi connectivity index (χ2v) is 32.8. The molecule has 8 nitrogen and oxygen atoms in total. The normalized spacial score (nSPS) is 20.6. The van der Waals surface area contributed by atoms with E-state index in [1.807, 2.05) is 107 Å². The first-order valence-corrected chi connectivity index (χ1v) is 36.9. The van der Waals surface area contributed by atoms with Crippen LogP contribution in [-0.2, 0) is 16.2 Å². The Morgan fingerprint density at radius 1 is 0.303 bits per heavy atom. The van der Waals surface area contributed by atoms with E-state index in [0.717, 1.165) is 71.1 Å². The summed E-state index contributed by atoms with van der Waals surface area (Å²) in [4.78, 5) is 0. The van der Waals surface area contributed by atoms with Gasteiger partial charge < -0.3 is 40.9 Å². The van der Waals surface area contributed by atoms with Gasteiger partial charge in [0.15, 0.2) is 0 Å². The molecule has 0 radical (unpaired) electrons. The molecule has 7 atom stereocenters. The molecule has 0 amide bonds. The maximum atomic E-state index is 10.1. The van der Waals surface area contributed by atoms with Crippen molar-refractivity contribution in [2.75, 3.05) is 0 Å². The topological polar surface area (TPSA) is 162 Å². The van der Waals surface area contributed by atoms with Crippen LogP contribution in [0.2, 0.25) is 0 Å². The zero-order chi connectivity index (χ0) is 72.7. The lowest BCUT2D eigenvalue weighted by atomic mass is 9.60. The molecule has 7 unspecified atom stereocenters. The smallest absolute Gasteiger partial charge is 0.118 e. The molecular weight excluding hydrogens is 1220 g/mol. The van der Waals surface area contributed by atoms with Crippen molar-refractivity contribution in [2.45, 2.75) is 223 Å². The number of phenolic OH excluding ortho intramolecular Hbond substituents is 8.